The van der Waals surface area contributed by atoms with Gasteiger partial charge in [-0.05, 0) is 49.2 Å². The second-order valence-electron chi connectivity index (χ2n) is 5.90. The molecule has 128 valence electrons. The van der Waals surface area contributed by atoms with Crippen molar-refractivity contribution >= 4 is 23.1 Å². The molecule has 6 heteroatoms. The van der Waals surface area contributed by atoms with Crippen molar-refractivity contribution in [1.29, 1.82) is 5.26 Å². The van der Waals surface area contributed by atoms with E-state index in [-0.39, 0.29) is 5.69 Å². The third-order valence-corrected chi connectivity index (χ3v) is 3.67. The fourth-order valence-corrected chi connectivity index (χ4v) is 2.58. The Bertz CT molecular complexity index is 970. The van der Waals surface area contributed by atoms with Crippen molar-refractivity contribution in [3.63, 3.8) is 0 Å². The fraction of sp³-hybridized carbons (Fsp3) is 0.100. The van der Waals surface area contributed by atoms with Crippen LogP contribution in [0.3, 0.4) is 0 Å². The molecule has 1 amide bonds. The van der Waals surface area contributed by atoms with Crippen molar-refractivity contribution in [2.75, 3.05) is 10.6 Å². The average Bonchev–Trinajstić information content (AvgIpc) is 2.62. The normalized spacial score (nSPS) is 10.0. The first-order valence-electron chi connectivity index (χ1n) is 8.03. The summed E-state index contributed by atoms with van der Waals surface area (Å²) in [6.45, 7) is 4.05. The Kier molecular flexibility index (Phi) is 4.90. The first-order valence-corrected chi connectivity index (χ1v) is 8.03. The van der Waals surface area contributed by atoms with Gasteiger partial charge in [0.15, 0.2) is 0 Å². The number of hydrogen-bond donors (Lipinski definition) is 2. The predicted octanol–water partition coefficient (Wildman–Crippen LogP) is 3.96. The van der Waals surface area contributed by atoms with E-state index in [0.717, 1.165) is 16.8 Å². The van der Waals surface area contributed by atoms with Gasteiger partial charge < -0.3 is 10.6 Å². The number of rotatable bonds is 4. The van der Waals surface area contributed by atoms with Crippen LogP contribution in [0.5, 0.6) is 0 Å². The Balaban J connectivity index is 1.73. The summed E-state index contributed by atoms with van der Waals surface area (Å²) in [5.41, 5.74) is 4.21. The highest BCUT2D eigenvalue weighted by Gasteiger charge is 2.11. The molecule has 1 heterocycles. The van der Waals surface area contributed by atoms with E-state index >= 15 is 0 Å². The first-order chi connectivity index (χ1) is 12.5. The van der Waals surface area contributed by atoms with E-state index in [0.29, 0.717) is 17.1 Å². The number of benzene rings is 2. The van der Waals surface area contributed by atoms with E-state index < -0.39 is 5.91 Å². The molecule has 0 saturated carbocycles. The molecule has 0 unspecified atom stereocenters. The summed E-state index contributed by atoms with van der Waals surface area (Å²) < 4.78 is 0. The van der Waals surface area contributed by atoms with Gasteiger partial charge in [0.1, 0.15) is 17.6 Å². The van der Waals surface area contributed by atoms with Crippen molar-refractivity contribution in [3.8, 4) is 6.07 Å². The molecule has 0 atom stereocenters. The molecule has 0 bridgehead atoms. The summed E-state index contributed by atoms with van der Waals surface area (Å²) in [7, 11) is 0. The van der Waals surface area contributed by atoms with Crippen molar-refractivity contribution in [1.82, 2.24) is 9.97 Å². The molecular formula is C20H17N5O. The van der Waals surface area contributed by atoms with E-state index in [1.807, 2.05) is 32.0 Å². The molecule has 0 fully saturated rings. The van der Waals surface area contributed by atoms with E-state index in [1.54, 1.807) is 24.3 Å². The zero-order valence-electron chi connectivity index (χ0n) is 14.4. The highest BCUT2D eigenvalue weighted by Crippen LogP contribution is 2.18. The van der Waals surface area contributed by atoms with E-state index in [9.17, 15) is 4.79 Å². The second-order valence-corrected chi connectivity index (χ2v) is 5.90. The number of carbonyl (C=O) groups excluding carboxylic acids is 1. The van der Waals surface area contributed by atoms with Crippen LogP contribution in [-0.4, -0.2) is 15.9 Å². The van der Waals surface area contributed by atoms with Gasteiger partial charge in [0.2, 0.25) is 0 Å². The van der Waals surface area contributed by atoms with Gasteiger partial charge in [-0.3, -0.25) is 4.79 Å². The van der Waals surface area contributed by atoms with Crippen LogP contribution in [0.25, 0.3) is 0 Å². The number of hydrogen-bond acceptors (Lipinski definition) is 5. The van der Waals surface area contributed by atoms with Gasteiger partial charge in [0.25, 0.3) is 5.91 Å². The van der Waals surface area contributed by atoms with Crippen molar-refractivity contribution in [2.24, 2.45) is 0 Å². The van der Waals surface area contributed by atoms with Gasteiger partial charge in [-0.1, -0.05) is 18.2 Å². The number of anilines is 3. The van der Waals surface area contributed by atoms with Crippen LogP contribution in [0.1, 0.15) is 27.2 Å². The Labute approximate surface area is 151 Å². The van der Waals surface area contributed by atoms with Crippen molar-refractivity contribution < 1.29 is 4.79 Å². The lowest BCUT2D eigenvalue weighted by molar-refractivity contribution is 0.102. The second kappa shape index (κ2) is 7.45. The van der Waals surface area contributed by atoms with Gasteiger partial charge in [-0.2, -0.15) is 5.26 Å². The molecule has 0 spiro atoms. The molecule has 3 aromatic rings. The van der Waals surface area contributed by atoms with Gasteiger partial charge in [0.05, 0.1) is 23.6 Å². The molecule has 0 aliphatic carbocycles. The summed E-state index contributed by atoms with van der Waals surface area (Å²) in [5, 5.41) is 14.9. The molecule has 6 nitrogen and oxygen atoms in total. The number of aromatic nitrogens is 2. The number of nitriles is 1. The molecule has 0 aliphatic heterocycles. The highest BCUT2D eigenvalue weighted by molar-refractivity contribution is 6.03. The monoisotopic (exact) mass is 343 g/mol. The summed E-state index contributed by atoms with van der Waals surface area (Å²) in [4.78, 5) is 20.7. The van der Waals surface area contributed by atoms with Gasteiger partial charge in [-0.15, -0.1) is 0 Å². The van der Waals surface area contributed by atoms with Gasteiger partial charge in [0, 0.05) is 5.69 Å². The minimum atomic E-state index is -0.418. The van der Waals surface area contributed by atoms with Gasteiger partial charge >= 0.3 is 0 Å². The number of aryl methyl sites for hydroxylation is 2. The lowest BCUT2D eigenvalue weighted by atomic mass is 10.1. The van der Waals surface area contributed by atoms with Crippen LogP contribution in [0, 0.1) is 25.2 Å². The standard InChI is InChI=1S/C20H17N5O/c1-13-7-14(2)9-16(8-13)24-19-12-22-18(11-23-19)20(26)25-17-6-4-3-5-15(17)10-21/h3-9,11-12H,1-2H3,(H,23,24)(H,25,26). The number of nitrogens with zero attached hydrogens (tertiary/aromatic N) is 3. The third-order valence-electron chi connectivity index (χ3n) is 3.67. The van der Waals surface area contributed by atoms with E-state index in [2.05, 4.69) is 26.7 Å². The summed E-state index contributed by atoms with van der Waals surface area (Å²) >= 11 is 0. The molecule has 26 heavy (non-hydrogen) atoms. The summed E-state index contributed by atoms with van der Waals surface area (Å²) in [6, 6.07) is 14.9. The lowest BCUT2D eigenvalue weighted by Crippen LogP contribution is -2.15. The molecule has 3 rings (SSSR count). The molecular weight excluding hydrogens is 326 g/mol. The number of nitrogens with one attached hydrogen (secondary N) is 2. The van der Waals surface area contributed by atoms with Crippen LogP contribution in [0.15, 0.2) is 54.9 Å². The van der Waals surface area contributed by atoms with Crippen LogP contribution >= 0.6 is 0 Å². The lowest BCUT2D eigenvalue weighted by Gasteiger charge is -2.09. The Morgan fingerprint density at radius 1 is 1.04 bits per heavy atom. The maximum atomic E-state index is 12.3. The summed E-state index contributed by atoms with van der Waals surface area (Å²) in [6.07, 6.45) is 2.90. The molecule has 0 saturated heterocycles. The fourth-order valence-electron chi connectivity index (χ4n) is 2.58. The maximum absolute atomic E-state index is 12.3. The quantitative estimate of drug-likeness (QED) is 0.748. The minimum Gasteiger partial charge on any atom is -0.339 e. The van der Waals surface area contributed by atoms with Crippen molar-refractivity contribution in [2.45, 2.75) is 13.8 Å². The minimum absolute atomic E-state index is 0.170. The number of amides is 1. The molecule has 1 aromatic heterocycles. The Hall–Kier alpha value is -3.72. The number of para-hydroxylation sites is 1. The van der Waals surface area contributed by atoms with Crippen LogP contribution < -0.4 is 10.6 Å². The van der Waals surface area contributed by atoms with Gasteiger partial charge in [-0.25, -0.2) is 9.97 Å². The predicted molar refractivity (Wildman–Crippen MR) is 100 cm³/mol. The van der Waals surface area contributed by atoms with Crippen LogP contribution in [-0.2, 0) is 0 Å². The van der Waals surface area contributed by atoms with E-state index in [1.165, 1.54) is 12.4 Å². The Morgan fingerprint density at radius 3 is 2.42 bits per heavy atom. The zero-order chi connectivity index (χ0) is 18.5. The Morgan fingerprint density at radius 2 is 1.77 bits per heavy atom. The number of carbonyl (C=O) groups is 1. The van der Waals surface area contributed by atoms with Crippen LogP contribution in [0.4, 0.5) is 17.2 Å². The largest absolute Gasteiger partial charge is 0.339 e. The third kappa shape index (κ3) is 4.02. The zero-order valence-corrected chi connectivity index (χ0v) is 14.4. The maximum Gasteiger partial charge on any atom is 0.275 e. The molecule has 2 aromatic carbocycles. The first kappa shape index (κ1) is 17.1. The summed E-state index contributed by atoms with van der Waals surface area (Å²) in [5.74, 6) is 0.127. The molecule has 0 aliphatic rings. The molecule has 0 radical (unpaired) electrons. The van der Waals surface area contributed by atoms with Crippen molar-refractivity contribution in [3.05, 3.63) is 77.2 Å². The smallest absolute Gasteiger partial charge is 0.275 e. The topological polar surface area (TPSA) is 90.7 Å². The highest BCUT2D eigenvalue weighted by atomic mass is 16.1. The SMILES string of the molecule is Cc1cc(C)cc(Nc2cnc(C(=O)Nc3ccccc3C#N)cn2)c1. The van der Waals surface area contributed by atoms with Crippen LogP contribution in [0.2, 0.25) is 0 Å². The van der Waals surface area contributed by atoms with E-state index in [4.69, 9.17) is 5.26 Å². The average molecular weight is 343 g/mol. The molecule has 2 N–H and O–H groups in total.